The van der Waals surface area contributed by atoms with Crippen LogP contribution >= 0.6 is 0 Å². The molecule has 0 aliphatic carbocycles. The third-order valence-electron chi connectivity index (χ3n) is 2.08. The van der Waals surface area contributed by atoms with E-state index in [-0.39, 0.29) is 0 Å². The van der Waals surface area contributed by atoms with Gasteiger partial charge in [0.05, 0.1) is 19.8 Å². The van der Waals surface area contributed by atoms with Crippen molar-refractivity contribution in [3.63, 3.8) is 0 Å². The average Bonchev–Trinajstić information content (AvgIpc) is 2.30. The molecule has 0 N–H and O–H groups in total. The SMILES string of the molecule is CCOCc1ccc(OCC)c(OCC)c1. The van der Waals surface area contributed by atoms with Gasteiger partial charge in [0.15, 0.2) is 11.5 Å². The molecule has 0 atom stereocenters. The Labute approximate surface area is 97.3 Å². The van der Waals surface area contributed by atoms with Gasteiger partial charge in [-0.1, -0.05) is 6.07 Å². The number of hydrogen-bond acceptors (Lipinski definition) is 3. The van der Waals surface area contributed by atoms with E-state index in [2.05, 4.69) is 0 Å². The molecule has 90 valence electrons. The van der Waals surface area contributed by atoms with Crippen LogP contribution in [0, 0.1) is 0 Å². The number of hydrogen-bond donors (Lipinski definition) is 0. The fraction of sp³-hybridized carbons (Fsp3) is 0.538. The molecule has 0 heterocycles. The topological polar surface area (TPSA) is 27.7 Å². The lowest BCUT2D eigenvalue weighted by Crippen LogP contribution is -2.00. The zero-order chi connectivity index (χ0) is 11.8. The van der Waals surface area contributed by atoms with Crippen LogP contribution in [0.25, 0.3) is 0 Å². The van der Waals surface area contributed by atoms with Crippen LogP contribution in [0.2, 0.25) is 0 Å². The normalized spacial score (nSPS) is 10.2. The Morgan fingerprint density at radius 3 is 2.19 bits per heavy atom. The summed E-state index contributed by atoms with van der Waals surface area (Å²) in [6.07, 6.45) is 0. The van der Waals surface area contributed by atoms with Gasteiger partial charge in [-0.3, -0.25) is 0 Å². The van der Waals surface area contributed by atoms with Crippen LogP contribution in [0.5, 0.6) is 11.5 Å². The van der Waals surface area contributed by atoms with E-state index in [4.69, 9.17) is 14.2 Å². The van der Waals surface area contributed by atoms with Crippen molar-refractivity contribution in [2.45, 2.75) is 27.4 Å². The molecule has 16 heavy (non-hydrogen) atoms. The van der Waals surface area contributed by atoms with E-state index in [1.807, 2.05) is 39.0 Å². The quantitative estimate of drug-likeness (QED) is 0.712. The molecule has 0 aliphatic heterocycles. The maximum absolute atomic E-state index is 5.53. The first-order valence-electron chi connectivity index (χ1n) is 5.78. The van der Waals surface area contributed by atoms with Crippen molar-refractivity contribution in [3.05, 3.63) is 23.8 Å². The lowest BCUT2D eigenvalue weighted by atomic mass is 10.2. The van der Waals surface area contributed by atoms with Gasteiger partial charge in [-0.2, -0.15) is 0 Å². The highest BCUT2D eigenvalue weighted by atomic mass is 16.5. The van der Waals surface area contributed by atoms with E-state index in [0.717, 1.165) is 23.7 Å². The highest BCUT2D eigenvalue weighted by Crippen LogP contribution is 2.28. The summed E-state index contributed by atoms with van der Waals surface area (Å²) in [5.41, 5.74) is 1.11. The first-order chi connectivity index (χ1) is 7.81. The van der Waals surface area contributed by atoms with E-state index < -0.39 is 0 Å². The zero-order valence-corrected chi connectivity index (χ0v) is 10.3. The predicted molar refractivity (Wildman–Crippen MR) is 64.1 cm³/mol. The average molecular weight is 224 g/mol. The number of ether oxygens (including phenoxy) is 3. The second kappa shape index (κ2) is 7.12. The molecule has 0 saturated heterocycles. The lowest BCUT2D eigenvalue weighted by molar-refractivity contribution is 0.133. The molecule has 0 aliphatic rings. The molecule has 0 saturated carbocycles. The van der Waals surface area contributed by atoms with Gasteiger partial charge in [0.25, 0.3) is 0 Å². The van der Waals surface area contributed by atoms with Gasteiger partial charge in [0.2, 0.25) is 0 Å². The Kier molecular flexibility index (Phi) is 5.72. The van der Waals surface area contributed by atoms with Crippen molar-refractivity contribution in [1.29, 1.82) is 0 Å². The predicted octanol–water partition coefficient (Wildman–Crippen LogP) is 3.02. The van der Waals surface area contributed by atoms with E-state index >= 15 is 0 Å². The van der Waals surface area contributed by atoms with E-state index in [9.17, 15) is 0 Å². The van der Waals surface area contributed by atoms with Crippen molar-refractivity contribution in [3.8, 4) is 11.5 Å². The monoisotopic (exact) mass is 224 g/mol. The minimum absolute atomic E-state index is 0.614. The molecule has 3 nitrogen and oxygen atoms in total. The Morgan fingerprint density at radius 2 is 1.56 bits per heavy atom. The fourth-order valence-electron chi connectivity index (χ4n) is 1.41. The Morgan fingerprint density at radius 1 is 0.875 bits per heavy atom. The van der Waals surface area contributed by atoms with E-state index in [1.165, 1.54) is 0 Å². The van der Waals surface area contributed by atoms with Crippen molar-refractivity contribution >= 4 is 0 Å². The first-order valence-corrected chi connectivity index (χ1v) is 5.78. The zero-order valence-electron chi connectivity index (χ0n) is 10.3. The fourth-order valence-corrected chi connectivity index (χ4v) is 1.41. The third kappa shape index (κ3) is 3.74. The molecule has 0 unspecified atom stereocenters. The third-order valence-corrected chi connectivity index (χ3v) is 2.08. The van der Waals surface area contributed by atoms with Crippen LogP contribution in [0.1, 0.15) is 26.3 Å². The molecule has 1 aromatic rings. The maximum atomic E-state index is 5.53. The van der Waals surface area contributed by atoms with Crippen molar-refractivity contribution in [2.24, 2.45) is 0 Å². The summed E-state index contributed by atoms with van der Waals surface area (Å²) >= 11 is 0. The summed E-state index contributed by atoms with van der Waals surface area (Å²) in [6, 6.07) is 5.91. The molecule has 0 spiro atoms. The molecule has 1 aromatic carbocycles. The lowest BCUT2D eigenvalue weighted by Gasteiger charge is -2.12. The van der Waals surface area contributed by atoms with Gasteiger partial charge in [0.1, 0.15) is 0 Å². The van der Waals surface area contributed by atoms with Gasteiger partial charge in [-0.15, -0.1) is 0 Å². The number of rotatable bonds is 7. The maximum Gasteiger partial charge on any atom is 0.161 e. The second-order valence-corrected chi connectivity index (χ2v) is 3.28. The van der Waals surface area contributed by atoms with Crippen molar-refractivity contribution < 1.29 is 14.2 Å². The Hall–Kier alpha value is -1.22. The highest BCUT2D eigenvalue weighted by molar-refractivity contribution is 5.42. The van der Waals surface area contributed by atoms with Gasteiger partial charge in [-0.05, 0) is 38.5 Å². The standard InChI is InChI=1S/C13H20O3/c1-4-14-10-11-7-8-12(15-5-2)13(9-11)16-6-3/h7-9H,4-6,10H2,1-3H3. The summed E-state index contributed by atoms with van der Waals surface area (Å²) in [5.74, 6) is 1.59. The van der Waals surface area contributed by atoms with Crippen LogP contribution in [0.15, 0.2) is 18.2 Å². The highest BCUT2D eigenvalue weighted by Gasteiger charge is 2.05. The summed E-state index contributed by atoms with van der Waals surface area (Å²) in [5, 5.41) is 0. The first kappa shape index (κ1) is 12.8. The summed E-state index contributed by atoms with van der Waals surface area (Å²) in [6.45, 7) is 8.52. The minimum Gasteiger partial charge on any atom is -0.490 e. The molecular formula is C13H20O3. The van der Waals surface area contributed by atoms with Crippen molar-refractivity contribution in [2.75, 3.05) is 19.8 Å². The summed E-state index contributed by atoms with van der Waals surface area (Å²) in [7, 11) is 0. The smallest absolute Gasteiger partial charge is 0.161 e. The molecule has 0 fully saturated rings. The van der Waals surface area contributed by atoms with Crippen LogP contribution in [-0.4, -0.2) is 19.8 Å². The summed E-state index contributed by atoms with van der Waals surface area (Å²) < 4.78 is 16.4. The summed E-state index contributed by atoms with van der Waals surface area (Å²) in [4.78, 5) is 0. The molecule has 1 rings (SSSR count). The van der Waals surface area contributed by atoms with Gasteiger partial charge >= 0.3 is 0 Å². The molecule has 0 amide bonds. The van der Waals surface area contributed by atoms with E-state index in [0.29, 0.717) is 19.8 Å². The van der Waals surface area contributed by atoms with Crippen molar-refractivity contribution in [1.82, 2.24) is 0 Å². The van der Waals surface area contributed by atoms with Gasteiger partial charge in [0, 0.05) is 6.61 Å². The van der Waals surface area contributed by atoms with E-state index in [1.54, 1.807) is 0 Å². The molecule has 0 bridgehead atoms. The van der Waals surface area contributed by atoms with Crippen LogP contribution in [0.3, 0.4) is 0 Å². The van der Waals surface area contributed by atoms with Gasteiger partial charge < -0.3 is 14.2 Å². The minimum atomic E-state index is 0.614. The van der Waals surface area contributed by atoms with Crippen LogP contribution in [0.4, 0.5) is 0 Å². The largest absolute Gasteiger partial charge is 0.490 e. The Bertz CT molecular complexity index is 310. The van der Waals surface area contributed by atoms with Crippen LogP contribution in [-0.2, 0) is 11.3 Å². The Balaban J connectivity index is 2.79. The second-order valence-electron chi connectivity index (χ2n) is 3.28. The van der Waals surface area contributed by atoms with Gasteiger partial charge in [-0.25, -0.2) is 0 Å². The molecular weight excluding hydrogens is 204 g/mol. The van der Waals surface area contributed by atoms with Crippen LogP contribution < -0.4 is 9.47 Å². The molecule has 0 radical (unpaired) electrons. The molecule has 3 heteroatoms. The molecule has 0 aromatic heterocycles. The number of benzene rings is 1.